The third-order valence-electron chi connectivity index (χ3n) is 2.01. The van der Waals surface area contributed by atoms with Crippen LogP contribution in [0.3, 0.4) is 0 Å². The Kier molecular flexibility index (Phi) is 2.60. The van der Waals surface area contributed by atoms with Crippen LogP contribution in [-0.2, 0) is 9.05 Å². The smallest absolute Gasteiger partial charge is 0.264 e. The summed E-state index contributed by atoms with van der Waals surface area (Å²) >= 11 is 0. The Hall–Kier alpha value is -0.810. The molecule has 0 radical (unpaired) electrons. The van der Waals surface area contributed by atoms with Gasteiger partial charge in [-0.05, 0) is 25.0 Å². The van der Waals surface area contributed by atoms with Crippen LogP contribution in [0.25, 0.3) is 0 Å². The minimum Gasteiger partial charge on any atom is -0.487 e. The van der Waals surface area contributed by atoms with E-state index in [1.807, 2.05) is 0 Å². The number of rotatable bonds is 3. The topological polar surface area (TPSA) is 43.4 Å². The lowest BCUT2D eigenvalue weighted by Crippen LogP contribution is -2.02. The number of hydrogen-bond acceptors (Lipinski definition) is 3. The first-order valence-electron chi connectivity index (χ1n) is 4.38. The molecule has 1 saturated carbocycles. The lowest BCUT2D eigenvalue weighted by molar-refractivity contribution is 0.285. The first-order chi connectivity index (χ1) is 6.98. The quantitative estimate of drug-likeness (QED) is 0.773. The van der Waals surface area contributed by atoms with E-state index >= 15 is 0 Å². The standard InChI is InChI=1S/C9H8ClFO3S/c10-15(12,13)8-3-1-2-7(9(8)11)14-6-4-5-6/h1-3,6H,4-5H2. The third-order valence-corrected chi connectivity index (χ3v) is 3.35. The first kappa shape index (κ1) is 10.7. The molecule has 2 rings (SSSR count). The predicted molar refractivity (Wildman–Crippen MR) is 53.1 cm³/mol. The zero-order valence-corrected chi connectivity index (χ0v) is 9.18. The van der Waals surface area contributed by atoms with Gasteiger partial charge in [-0.1, -0.05) is 6.07 Å². The molecule has 0 saturated heterocycles. The van der Waals surface area contributed by atoms with Crippen molar-refractivity contribution in [2.45, 2.75) is 23.8 Å². The molecule has 0 unspecified atom stereocenters. The average Bonchev–Trinajstić information content (AvgIpc) is 2.90. The highest BCUT2D eigenvalue weighted by Gasteiger charge is 2.27. The molecule has 0 bridgehead atoms. The highest BCUT2D eigenvalue weighted by molar-refractivity contribution is 8.13. The van der Waals surface area contributed by atoms with Crippen LogP contribution < -0.4 is 4.74 Å². The molecule has 6 heteroatoms. The van der Waals surface area contributed by atoms with E-state index in [0.29, 0.717) is 0 Å². The maximum atomic E-state index is 13.6. The molecule has 0 heterocycles. The van der Waals surface area contributed by atoms with Crippen LogP contribution in [0.15, 0.2) is 23.1 Å². The Morgan fingerprint density at radius 3 is 2.60 bits per heavy atom. The minimum atomic E-state index is -4.05. The van der Waals surface area contributed by atoms with E-state index in [9.17, 15) is 12.8 Å². The van der Waals surface area contributed by atoms with Crippen molar-refractivity contribution in [3.8, 4) is 5.75 Å². The number of benzene rings is 1. The molecule has 1 aromatic rings. The summed E-state index contributed by atoms with van der Waals surface area (Å²) in [7, 11) is 1.01. The van der Waals surface area contributed by atoms with Gasteiger partial charge in [0.25, 0.3) is 9.05 Å². The largest absolute Gasteiger partial charge is 0.487 e. The molecule has 0 aliphatic heterocycles. The van der Waals surface area contributed by atoms with Gasteiger partial charge in [-0.3, -0.25) is 0 Å². The number of hydrogen-bond donors (Lipinski definition) is 0. The van der Waals surface area contributed by atoms with Gasteiger partial charge >= 0.3 is 0 Å². The van der Waals surface area contributed by atoms with Crippen molar-refractivity contribution in [3.05, 3.63) is 24.0 Å². The second kappa shape index (κ2) is 3.64. The molecule has 0 amide bonds. The molecule has 0 atom stereocenters. The third kappa shape index (κ3) is 2.41. The lowest BCUT2D eigenvalue weighted by Gasteiger charge is -2.07. The van der Waals surface area contributed by atoms with Gasteiger partial charge < -0.3 is 4.74 Å². The molecule has 0 N–H and O–H groups in total. The summed E-state index contributed by atoms with van der Waals surface area (Å²) in [6.45, 7) is 0. The monoisotopic (exact) mass is 250 g/mol. The molecule has 1 aliphatic rings. The molecule has 82 valence electrons. The fraction of sp³-hybridized carbons (Fsp3) is 0.333. The van der Waals surface area contributed by atoms with Crippen molar-refractivity contribution in [2.75, 3.05) is 0 Å². The van der Waals surface area contributed by atoms with Crippen LogP contribution in [0.1, 0.15) is 12.8 Å². The van der Waals surface area contributed by atoms with Crippen LogP contribution in [0.5, 0.6) is 5.75 Å². The van der Waals surface area contributed by atoms with E-state index in [1.54, 1.807) is 0 Å². The van der Waals surface area contributed by atoms with Crippen LogP contribution in [0.4, 0.5) is 4.39 Å². The maximum Gasteiger partial charge on any atom is 0.264 e. The van der Waals surface area contributed by atoms with E-state index in [0.717, 1.165) is 18.9 Å². The zero-order valence-electron chi connectivity index (χ0n) is 7.61. The van der Waals surface area contributed by atoms with Crippen molar-refractivity contribution in [2.24, 2.45) is 0 Å². The van der Waals surface area contributed by atoms with E-state index in [4.69, 9.17) is 15.4 Å². The summed E-state index contributed by atoms with van der Waals surface area (Å²) in [5.41, 5.74) is 0. The Morgan fingerprint density at radius 2 is 2.07 bits per heavy atom. The SMILES string of the molecule is O=S(=O)(Cl)c1cccc(OC2CC2)c1F. The van der Waals surface area contributed by atoms with E-state index < -0.39 is 19.8 Å². The predicted octanol–water partition coefficient (Wildman–Crippen LogP) is 2.29. The van der Waals surface area contributed by atoms with Gasteiger partial charge in [-0.15, -0.1) is 0 Å². The highest BCUT2D eigenvalue weighted by Crippen LogP contribution is 2.31. The van der Waals surface area contributed by atoms with Gasteiger partial charge in [-0.2, -0.15) is 0 Å². The molecule has 1 aromatic carbocycles. The summed E-state index contributed by atoms with van der Waals surface area (Å²) in [4.78, 5) is -0.540. The Balaban J connectivity index is 2.40. The summed E-state index contributed by atoms with van der Waals surface area (Å²) in [6.07, 6.45) is 1.75. The maximum absolute atomic E-state index is 13.6. The molecular weight excluding hydrogens is 243 g/mol. The fourth-order valence-electron chi connectivity index (χ4n) is 1.14. The van der Waals surface area contributed by atoms with Crippen LogP contribution in [0, 0.1) is 5.82 Å². The molecular formula is C9H8ClFO3S. The highest BCUT2D eigenvalue weighted by atomic mass is 35.7. The van der Waals surface area contributed by atoms with Crippen molar-refractivity contribution in [1.82, 2.24) is 0 Å². The Morgan fingerprint density at radius 1 is 1.40 bits per heavy atom. The second-order valence-corrected chi connectivity index (χ2v) is 5.86. The second-order valence-electron chi connectivity index (χ2n) is 3.32. The normalized spacial score (nSPS) is 16.4. The van der Waals surface area contributed by atoms with Gasteiger partial charge in [0, 0.05) is 10.7 Å². The lowest BCUT2D eigenvalue weighted by atomic mass is 10.3. The molecule has 15 heavy (non-hydrogen) atoms. The zero-order chi connectivity index (χ0) is 11.1. The minimum absolute atomic E-state index is 0.00720. The first-order valence-corrected chi connectivity index (χ1v) is 6.69. The number of ether oxygens (including phenoxy) is 1. The number of halogens is 2. The molecule has 3 nitrogen and oxygen atoms in total. The molecule has 0 aromatic heterocycles. The van der Waals surface area contributed by atoms with Crippen LogP contribution in [0.2, 0.25) is 0 Å². The average molecular weight is 251 g/mol. The van der Waals surface area contributed by atoms with Gasteiger partial charge in [0.1, 0.15) is 4.90 Å². The van der Waals surface area contributed by atoms with E-state index in [-0.39, 0.29) is 11.9 Å². The van der Waals surface area contributed by atoms with Crippen molar-refractivity contribution in [1.29, 1.82) is 0 Å². The fourth-order valence-corrected chi connectivity index (χ4v) is 2.05. The molecule has 0 spiro atoms. The van der Waals surface area contributed by atoms with Gasteiger partial charge in [0.05, 0.1) is 6.10 Å². The van der Waals surface area contributed by atoms with Crippen molar-refractivity contribution >= 4 is 19.7 Å². The molecule has 1 aliphatic carbocycles. The molecule has 1 fully saturated rings. The summed E-state index contributed by atoms with van der Waals surface area (Å²) in [6, 6.07) is 3.90. The van der Waals surface area contributed by atoms with Gasteiger partial charge in [0.2, 0.25) is 0 Å². The Bertz CT molecular complexity index is 482. The van der Waals surface area contributed by atoms with Gasteiger partial charge in [-0.25, -0.2) is 12.8 Å². The van der Waals surface area contributed by atoms with Gasteiger partial charge in [0.15, 0.2) is 11.6 Å². The summed E-state index contributed by atoms with van der Waals surface area (Å²) < 4.78 is 40.7. The van der Waals surface area contributed by atoms with Crippen LogP contribution in [-0.4, -0.2) is 14.5 Å². The van der Waals surface area contributed by atoms with Crippen molar-refractivity contribution < 1.29 is 17.5 Å². The Labute approximate surface area is 91.2 Å². The van der Waals surface area contributed by atoms with E-state index in [2.05, 4.69) is 0 Å². The van der Waals surface area contributed by atoms with Crippen molar-refractivity contribution in [3.63, 3.8) is 0 Å². The van der Waals surface area contributed by atoms with Crippen LogP contribution >= 0.6 is 10.7 Å². The summed E-state index contributed by atoms with van der Waals surface area (Å²) in [5, 5.41) is 0. The van der Waals surface area contributed by atoms with E-state index in [1.165, 1.54) is 12.1 Å². The summed E-state index contributed by atoms with van der Waals surface area (Å²) in [5.74, 6) is -0.973.